The Bertz CT molecular complexity index is 687. The zero-order valence-electron chi connectivity index (χ0n) is 15.9. The van der Waals surface area contributed by atoms with Gasteiger partial charge in [-0.3, -0.25) is 4.99 Å². The van der Waals surface area contributed by atoms with Gasteiger partial charge in [-0.25, -0.2) is 0 Å². The van der Waals surface area contributed by atoms with E-state index in [1.165, 1.54) is 11.1 Å². The molecular formula is C21H29N3O2. The summed E-state index contributed by atoms with van der Waals surface area (Å²) in [6, 6.07) is 16.5. The summed E-state index contributed by atoms with van der Waals surface area (Å²) in [6.07, 6.45) is 2.95. The van der Waals surface area contributed by atoms with Crippen molar-refractivity contribution >= 4 is 5.96 Å². The van der Waals surface area contributed by atoms with Gasteiger partial charge in [0, 0.05) is 20.1 Å². The van der Waals surface area contributed by atoms with E-state index in [-0.39, 0.29) is 0 Å². The molecule has 0 saturated heterocycles. The molecule has 0 aliphatic carbocycles. The molecule has 0 fully saturated rings. The van der Waals surface area contributed by atoms with Crippen molar-refractivity contribution in [1.29, 1.82) is 0 Å². The van der Waals surface area contributed by atoms with Crippen LogP contribution in [-0.4, -0.2) is 40.3 Å². The van der Waals surface area contributed by atoms with Gasteiger partial charge in [-0.15, -0.1) is 0 Å². The highest BCUT2D eigenvalue weighted by Crippen LogP contribution is 2.27. The summed E-state index contributed by atoms with van der Waals surface area (Å²) in [4.78, 5) is 4.27. The molecular weight excluding hydrogens is 326 g/mol. The lowest BCUT2D eigenvalue weighted by Crippen LogP contribution is -2.38. The third-order valence-electron chi connectivity index (χ3n) is 4.16. The van der Waals surface area contributed by atoms with Gasteiger partial charge in [0.05, 0.1) is 14.2 Å². The van der Waals surface area contributed by atoms with E-state index in [1.54, 1.807) is 21.3 Å². The molecule has 0 heterocycles. The number of hydrogen-bond acceptors (Lipinski definition) is 3. The molecule has 5 heteroatoms. The Morgan fingerprint density at radius 1 is 0.846 bits per heavy atom. The maximum atomic E-state index is 5.35. The van der Waals surface area contributed by atoms with E-state index in [9.17, 15) is 0 Å². The zero-order valence-corrected chi connectivity index (χ0v) is 15.9. The minimum absolute atomic E-state index is 0.761. The van der Waals surface area contributed by atoms with Gasteiger partial charge >= 0.3 is 0 Å². The van der Waals surface area contributed by atoms with Gasteiger partial charge in [0.25, 0.3) is 0 Å². The number of ether oxygens (including phenoxy) is 2. The molecule has 0 aromatic heterocycles. The van der Waals surface area contributed by atoms with Crippen LogP contribution in [0.5, 0.6) is 11.5 Å². The zero-order chi connectivity index (χ0) is 18.6. The third-order valence-corrected chi connectivity index (χ3v) is 4.16. The normalized spacial score (nSPS) is 11.1. The van der Waals surface area contributed by atoms with Crippen molar-refractivity contribution in [1.82, 2.24) is 10.6 Å². The Hall–Kier alpha value is -2.69. The Kier molecular flexibility index (Phi) is 8.33. The minimum Gasteiger partial charge on any atom is -0.493 e. The Morgan fingerprint density at radius 2 is 1.58 bits per heavy atom. The largest absolute Gasteiger partial charge is 0.493 e. The quantitative estimate of drug-likeness (QED) is 0.412. The standard InChI is InChI=1S/C21H29N3O2/c1-22-21(24-15-13-17-8-5-4-6-9-17)23-14-7-10-18-11-12-19(25-2)20(16-18)26-3/h4-6,8-9,11-12,16H,7,10,13-15H2,1-3H3,(H2,22,23,24). The molecule has 140 valence electrons. The summed E-state index contributed by atoms with van der Waals surface area (Å²) in [5.74, 6) is 2.38. The van der Waals surface area contributed by atoms with Crippen molar-refractivity contribution in [2.75, 3.05) is 34.4 Å². The van der Waals surface area contributed by atoms with Gasteiger partial charge in [0.15, 0.2) is 17.5 Å². The molecule has 0 unspecified atom stereocenters. The van der Waals surface area contributed by atoms with Crippen LogP contribution in [-0.2, 0) is 12.8 Å². The average Bonchev–Trinajstić information content (AvgIpc) is 2.70. The van der Waals surface area contributed by atoms with Crippen molar-refractivity contribution in [2.45, 2.75) is 19.3 Å². The lowest BCUT2D eigenvalue weighted by Gasteiger charge is -2.12. The fourth-order valence-electron chi connectivity index (χ4n) is 2.73. The first kappa shape index (κ1) is 19.6. The van der Waals surface area contributed by atoms with E-state index in [0.29, 0.717) is 0 Å². The molecule has 0 amide bonds. The van der Waals surface area contributed by atoms with Crippen LogP contribution in [0.3, 0.4) is 0 Å². The number of hydrogen-bond donors (Lipinski definition) is 2. The van der Waals surface area contributed by atoms with Crippen molar-refractivity contribution < 1.29 is 9.47 Å². The summed E-state index contributed by atoms with van der Waals surface area (Å²) < 4.78 is 10.6. The van der Waals surface area contributed by atoms with Gasteiger partial charge in [-0.2, -0.15) is 0 Å². The maximum absolute atomic E-state index is 5.35. The van der Waals surface area contributed by atoms with Crippen LogP contribution in [0.25, 0.3) is 0 Å². The number of benzene rings is 2. The number of nitrogens with zero attached hydrogens (tertiary/aromatic N) is 1. The third kappa shape index (κ3) is 6.31. The van der Waals surface area contributed by atoms with Crippen LogP contribution >= 0.6 is 0 Å². The van der Waals surface area contributed by atoms with Crippen LogP contribution < -0.4 is 20.1 Å². The first-order chi connectivity index (χ1) is 12.8. The van der Waals surface area contributed by atoms with Gasteiger partial charge < -0.3 is 20.1 Å². The van der Waals surface area contributed by atoms with Crippen molar-refractivity contribution in [3.63, 3.8) is 0 Å². The summed E-state index contributed by atoms with van der Waals surface area (Å²) in [7, 11) is 5.11. The molecule has 0 aliphatic rings. The minimum atomic E-state index is 0.761. The monoisotopic (exact) mass is 355 g/mol. The molecule has 2 aromatic rings. The molecule has 26 heavy (non-hydrogen) atoms. The Labute approximate surface area is 156 Å². The van der Waals surface area contributed by atoms with Gasteiger partial charge in [0.2, 0.25) is 0 Å². The number of aryl methyl sites for hydroxylation is 1. The predicted octanol–water partition coefficient (Wildman–Crippen LogP) is 3.04. The predicted molar refractivity (Wildman–Crippen MR) is 107 cm³/mol. The molecule has 0 spiro atoms. The van der Waals surface area contributed by atoms with Crippen molar-refractivity contribution in [2.24, 2.45) is 4.99 Å². The molecule has 2 aromatic carbocycles. The average molecular weight is 355 g/mol. The first-order valence-corrected chi connectivity index (χ1v) is 8.96. The highest BCUT2D eigenvalue weighted by atomic mass is 16.5. The number of nitrogens with one attached hydrogen (secondary N) is 2. The smallest absolute Gasteiger partial charge is 0.190 e. The Morgan fingerprint density at radius 3 is 2.27 bits per heavy atom. The van der Waals surface area contributed by atoms with E-state index < -0.39 is 0 Å². The molecule has 5 nitrogen and oxygen atoms in total. The molecule has 0 saturated carbocycles. The molecule has 0 bridgehead atoms. The number of methoxy groups -OCH3 is 2. The lowest BCUT2D eigenvalue weighted by atomic mass is 10.1. The summed E-state index contributed by atoms with van der Waals surface area (Å²) in [5.41, 5.74) is 2.56. The van der Waals surface area contributed by atoms with E-state index in [2.05, 4.69) is 46.0 Å². The number of rotatable bonds is 9. The van der Waals surface area contributed by atoms with Gasteiger partial charge in [-0.05, 0) is 42.5 Å². The fraction of sp³-hybridized carbons (Fsp3) is 0.381. The van der Waals surface area contributed by atoms with Crippen LogP contribution in [0.1, 0.15) is 17.5 Å². The first-order valence-electron chi connectivity index (χ1n) is 8.96. The maximum Gasteiger partial charge on any atom is 0.190 e. The van der Waals surface area contributed by atoms with E-state index in [1.807, 2.05) is 18.2 Å². The topological polar surface area (TPSA) is 54.9 Å². The number of guanidine groups is 1. The van der Waals surface area contributed by atoms with E-state index in [4.69, 9.17) is 9.47 Å². The summed E-state index contributed by atoms with van der Waals surface area (Å²) in [6.45, 7) is 1.72. The molecule has 0 aliphatic heterocycles. The SMILES string of the molecule is CN=C(NCCCc1ccc(OC)c(OC)c1)NCCc1ccccc1. The summed E-state index contributed by atoms with van der Waals surface area (Å²) in [5, 5.41) is 6.71. The van der Waals surface area contributed by atoms with Gasteiger partial charge in [-0.1, -0.05) is 36.4 Å². The fourth-order valence-corrected chi connectivity index (χ4v) is 2.73. The molecule has 2 rings (SSSR count). The van der Waals surface area contributed by atoms with E-state index >= 15 is 0 Å². The van der Waals surface area contributed by atoms with Crippen molar-refractivity contribution in [3.8, 4) is 11.5 Å². The van der Waals surface area contributed by atoms with Crippen molar-refractivity contribution in [3.05, 3.63) is 59.7 Å². The highest BCUT2D eigenvalue weighted by molar-refractivity contribution is 5.79. The molecule has 0 radical (unpaired) electrons. The van der Waals surface area contributed by atoms with Crippen LogP contribution in [0.4, 0.5) is 0 Å². The second-order valence-corrected chi connectivity index (χ2v) is 5.95. The second-order valence-electron chi connectivity index (χ2n) is 5.95. The second kappa shape index (κ2) is 11.0. The molecule has 0 atom stereocenters. The Balaban J connectivity index is 1.69. The highest BCUT2D eigenvalue weighted by Gasteiger charge is 2.04. The van der Waals surface area contributed by atoms with E-state index in [0.717, 1.165) is 49.8 Å². The van der Waals surface area contributed by atoms with Gasteiger partial charge in [0.1, 0.15) is 0 Å². The number of aliphatic imine (C=N–C) groups is 1. The lowest BCUT2D eigenvalue weighted by molar-refractivity contribution is 0.354. The molecule has 2 N–H and O–H groups in total. The van der Waals surface area contributed by atoms with Crippen LogP contribution in [0.15, 0.2) is 53.5 Å². The van der Waals surface area contributed by atoms with Crippen LogP contribution in [0, 0.1) is 0 Å². The van der Waals surface area contributed by atoms with Crippen LogP contribution in [0.2, 0.25) is 0 Å². The summed E-state index contributed by atoms with van der Waals surface area (Å²) >= 11 is 0.